The minimum atomic E-state index is 0.183. The highest BCUT2D eigenvalue weighted by molar-refractivity contribution is 5.12. The van der Waals surface area contributed by atoms with Gasteiger partial charge in [-0.1, -0.05) is 27.2 Å². The molecule has 3 nitrogen and oxygen atoms in total. The van der Waals surface area contributed by atoms with E-state index in [1.165, 1.54) is 25.0 Å². The van der Waals surface area contributed by atoms with Gasteiger partial charge in [-0.25, -0.2) is 4.98 Å². The van der Waals surface area contributed by atoms with E-state index in [1.54, 1.807) is 0 Å². The molecule has 0 aliphatic carbocycles. The summed E-state index contributed by atoms with van der Waals surface area (Å²) < 4.78 is 2.37. The van der Waals surface area contributed by atoms with Gasteiger partial charge in [-0.15, -0.1) is 0 Å². The highest BCUT2D eigenvalue weighted by atomic mass is 15.1. The molecule has 1 fully saturated rings. The van der Waals surface area contributed by atoms with Gasteiger partial charge < -0.3 is 9.88 Å². The molecule has 1 aromatic rings. The van der Waals surface area contributed by atoms with Gasteiger partial charge >= 0.3 is 0 Å². The molecule has 1 N–H and O–H groups in total. The number of rotatable bonds is 1. The molecule has 1 saturated heterocycles. The van der Waals surface area contributed by atoms with Crippen molar-refractivity contribution in [2.75, 3.05) is 13.1 Å². The van der Waals surface area contributed by atoms with Crippen LogP contribution in [0.15, 0.2) is 12.5 Å². The zero-order valence-electron chi connectivity index (χ0n) is 10.7. The third-order valence-electron chi connectivity index (χ3n) is 3.35. The van der Waals surface area contributed by atoms with Crippen molar-refractivity contribution >= 4 is 0 Å². The fourth-order valence-electron chi connectivity index (χ4n) is 2.41. The highest BCUT2D eigenvalue weighted by Gasteiger charge is 2.23. The Labute approximate surface area is 98.3 Å². The van der Waals surface area contributed by atoms with E-state index in [0.29, 0.717) is 6.04 Å². The summed E-state index contributed by atoms with van der Waals surface area (Å²) in [5.41, 5.74) is 1.53. The molecular formula is C13H23N3. The second-order valence-corrected chi connectivity index (χ2v) is 5.79. The number of hydrogen-bond acceptors (Lipinski definition) is 2. The zero-order valence-corrected chi connectivity index (χ0v) is 10.7. The van der Waals surface area contributed by atoms with Crippen LogP contribution in [-0.4, -0.2) is 22.6 Å². The average molecular weight is 221 g/mol. The molecule has 2 heterocycles. The van der Waals surface area contributed by atoms with Crippen LogP contribution in [0.5, 0.6) is 0 Å². The molecule has 0 aromatic carbocycles. The molecule has 1 aromatic heterocycles. The Kier molecular flexibility index (Phi) is 3.33. The number of nitrogens with zero attached hydrogens (tertiary/aromatic N) is 2. The van der Waals surface area contributed by atoms with Gasteiger partial charge in [0.1, 0.15) is 0 Å². The average Bonchev–Trinajstić information content (AvgIpc) is 2.55. The SMILES string of the molecule is CC(C)(C)c1cncn1C1CCCCNC1. The number of imidazole rings is 1. The molecule has 90 valence electrons. The smallest absolute Gasteiger partial charge is 0.0951 e. The van der Waals surface area contributed by atoms with Crippen LogP contribution in [0.2, 0.25) is 0 Å². The Balaban J connectivity index is 2.22. The lowest BCUT2D eigenvalue weighted by Gasteiger charge is -2.26. The van der Waals surface area contributed by atoms with E-state index >= 15 is 0 Å². The summed E-state index contributed by atoms with van der Waals surface area (Å²) in [6.07, 6.45) is 7.91. The monoisotopic (exact) mass is 221 g/mol. The largest absolute Gasteiger partial charge is 0.330 e. The lowest BCUT2D eigenvalue weighted by atomic mass is 9.92. The maximum Gasteiger partial charge on any atom is 0.0951 e. The predicted molar refractivity (Wildman–Crippen MR) is 66.7 cm³/mol. The van der Waals surface area contributed by atoms with Crippen molar-refractivity contribution in [3.63, 3.8) is 0 Å². The fourth-order valence-corrected chi connectivity index (χ4v) is 2.41. The minimum Gasteiger partial charge on any atom is -0.330 e. The molecule has 1 atom stereocenters. The minimum absolute atomic E-state index is 0.183. The summed E-state index contributed by atoms with van der Waals surface area (Å²) in [6.45, 7) is 9.01. The topological polar surface area (TPSA) is 29.9 Å². The normalized spacial score (nSPS) is 23.1. The molecule has 0 amide bonds. The van der Waals surface area contributed by atoms with E-state index in [1.807, 2.05) is 12.5 Å². The molecular weight excluding hydrogens is 198 g/mol. The van der Waals surface area contributed by atoms with Gasteiger partial charge in [0.2, 0.25) is 0 Å². The fraction of sp³-hybridized carbons (Fsp3) is 0.769. The third-order valence-corrected chi connectivity index (χ3v) is 3.35. The van der Waals surface area contributed by atoms with Gasteiger partial charge in [-0.05, 0) is 19.4 Å². The van der Waals surface area contributed by atoms with E-state index in [0.717, 1.165) is 13.1 Å². The van der Waals surface area contributed by atoms with E-state index in [-0.39, 0.29) is 5.41 Å². The summed E-state index contributed by atoms with van der Waals surface area (Å²) in [5.74, 6) is 0. The molecule has 1 aliphatic rings. The van der Waals surface area contributed by atoms with Crippen molar-refractivity contribution in [2.24, 2.45) is 0 Å². The molecule has 1 unspecified atom stereocenters. The van der Waals surface area contributed by atoms with E-state index < -0.39 is 0 Å². The standard InChI is InChI=1S/C13H23N3/c1-13(2,3)12-9-15-10-16(12)11-6-4-5-7-14-8-11/h9-11,14H,4-8H2,1-3H3. The Morgan fingerprint density at radius 1 is 1.38 bits per heavy atom. The lowest BCUT2D eigenvalue weighted by Crippen LogP contribution is -2.27. The molecule has 16 heavy (non-hydrogen) atoms. The maximum absolute atomic E-state index is 4.33. The second-order valence-electron chi connectivity index (χ2n) is 5.79. The third kappa shape index (κ3) is 2.46. The van der Waals surface area contributed by atoms with E-state index in [9.17, 15) is 0 Å². The summed E-state index contributed by atoms with van der Waals surface area (Å²) >= 11 is 0. The predicted octanol–water partition coefficient (Wildman–Crippen LogP) is 2.50. The van der Waals surface area contributed by atoms with E-state index in [4.69, 9.17) is 0 Å². The maximum atomic E-state index is 4.33. The molecule has 1 aliphatic heterocycles. The second kappa shape index (κ2) is 4.58. The van der Waals surface area contributed by atoms with Gasteiger partial charge in [0, 0.05) is 29.9 Å². The summed E-state index contributed by atoms with van der Waals surface area (Å²) in [5, 5.41) is 3.52. The van der Waals surface area contributed by atoms with Gasteiger partial charge in [0.25, 0.3) is 0 Å². The van der Waals surface area contributed by atoms with Crippen LogP contribution in [0, 0.1) is 0 Å². The highest BCUT2D eigenvalue weighted by Crippen LogP contribution is 2.27. The van der Waals surface area contributed by atoms with Crippen LogP contribution >= 0.6 is 0 Å². The van der Waals surface area contributed by atoms with Gasteiger partial charge in [0.15, 0.2) is 0 Å². The number of nitrogens with one attached hydrogen (secondary N) is 1. The molecule has 0 spiro atoms. The van der Waals surface area contributed by atoms with Crippen molar-refractivity contribution in [3.05, 3.63) is 18.2 Å². The summed E-state index contributed by atoms with van der Waals surface area (Å²) in [4.78, 5) is 4.33. The van der Waals surface area contributed by atoms with Crippen molar-refractivity contribution in [1.29, 1.82) is 0 Å². The van der Waals surface area contributed by atoms with Crippen LogP contribution in [0.25, 0.3) is 0 Å². The van der Waals surface area contributed by atoms with Gasteiger partial charge in [-0.2, -0.15) is 0 Å². The van der Waals surface area contributed by atoms with Gasteiger partial charge in [0.05, 0.1) is 6.33 Å². The van der Waals surface area contributed by atoms with Crippen LogP contribution in [0.3, 0.4) is 0 Å². The van der Waals surface area contributed by atoms with Crippen LogP contribution in [0.1, 0.15) is 51.8 Å². The van der Waals surface area contributed by atoms with E-state index in [2.05, 4.69) is 35.6 Å². The van der Waals surface area contributed by atoms with Crippen LogP contribution in [0.4, 0.5) is 0 Å². The first kappa shape index (κ1) is 11.6. The summed E-state index contributed by atoms with van der Waals surface area (Å²) in [6, 6.07) is 0.583. The van der Waals surface area contributed by atoms with Crippen LogP contribution in [-0.2, 0) is 5.41 Å². The molecule has 0 saturated carbocycles. The Bertz CT molecular complexity index is 327. The first-order valence-electron chi connectivity index (χ1n) is 6.32. The Morgan fingerprint density at radius 2 is 2.19 bits per heavy atom. The quantitative estimate of drug-likeness (QED) is 0.789. The molecule has 3 heteroatoms. The van der Waals surface area contributed by atoms with Crippen molar-refractivity contribution < 1.29 is 0 Å². The number of hydrogen-bond donors (Lipinski definition) is 1. The number of aromatic nitrogens is 2. The van der Waals surface area contributed by atoms with Crippen molar-refractivity contribution in [2.45, 2.75) is 51.5 Å². The first-order valence-corrected chi connectivity index (χ1v) is 6.32. The lowest BCUT2D eigenvalue weighted by molar-refractivity contribution is 0.416. The van der Waals surface area contributed by atoms with Crippen molar-refractivity contribution in [1.82, 2.24) is 14.9 Å². The van der Waals surface area contributed by atoms with Crippen molar-refractivity contribution in [3.8, 4) is 0 Å². The van der Waals surface area contributed by atoms with Crippen LogP contribution < -0.4 is 5.32 Å². The molecule has 0 radical (unpaired) electrons. The Morgan fingerprint density at radius 3 is 2.94 bits per heavy atom. The Hall–Kier alpha value is -0.830. The zero-order chi connectivity index (χ0) is 11.6. The molecule has 0 bridgehead atoms. The first-order chi connectivity index (χ1) is 7.59. The summed E-state index contributed by atoms with van der Waals surface area (Å²) in [7, 11) is 0. The van der Waals surface area contributed by atoms with Gasteiger partial charge in [-0.3, -0.25) is 0 Å². The molecule has 2 rings (SSSR count).